The molecule has 1 aliphatic heterocycles. The van der Waals surface area contributed by atoms with Gasteiger partial charge in [-0.2, -0.15) is 4.31 Å². The first kappa shape index (κ1) is 25.8. The molecule has 0 spiro atoms. The van der Waals surface area contributed by atoms with Crippen molar-refractivity contribution in [3.05, 3.63) is 84.7 Å². The average Bonchev–Trinajstić information content (AvgIpc) is 2.89. The van der Waals surface area contributed by atoms with Gasteiger partial charge in [0.1, 0.15) is 12.4 Å². The van der Waals surface area contributed by atoms with E-state index in [0.29, 0.717) is 18.9 Å². The predicted molar refractivity (Wildman–Crippen MR) is 132 cm³/mol. The maximum absolute atomic E-state index is 13.3. The van der Waals surface area contributed by atoms with Crippen molar-refractivity contribution in [2.75, 3.05) is 42.5 Å². The Morgan fingerprint density at radius 3 is 2.06 bits per heavy atom. The Morgan fingerprint density at radius 1 is 0.861 bits per heavy atom. The Kier molecular flexibility index (Phi) is 7.69. The van der Waals surface area contributed by atoms with Gasteiger partial charge >= 0.3 is 0 Å². The Hall–Kier alpha value is -3.32. The molecule has 1 fully saturated rings. The molecule has 1 saturated heterocycles. The molecule has 0 aliphatic carbocycles. The van der Waals surface area contributed by atoms with Crippen LogP contribution in [0, 0.1) is 5.82 Å². The first-order valence-corrected chi connectivity index (χ1v) is 13.9. The largest absolute Gasteiger partial charge is 0.379 e. The highest BCUT2D eigenvalue weighted by atomic mass is 32.2. The summed E-state index contributed by atoms with van der Waals surface area (Å²) in [6.45, 7) is 0.618. The second kappa shape index (κ2) is 10.7. The fraction of sp³-hybridized carbons (Fsp3) is 0.208. The van der Waals surface area contributed by atoms with Crippen LogP contribution in [0.25, 0.3) is 0 Å². The van der Waals surface area contributed by atoms with Crippen LogP contribution in [-0.4, -0.2) is 59.9 Å². The molecular weight excluding hydrogens is 509 g/mol. The zero-order valence-electron chi connectivity index (χ0n) is 19.1. The molecular formula is C24H24FN3O6S2. The molecule has 0 saturated carbocycles. The molecule has 1 heterocycles. The smallest absolute Gasteiger partial charge is 0.264 e. The second-order valence-electron chi connectivity index (χ2n) is 7.89. The Balaban J connectivity index is 1.52. The van der Waals surface area contributed by atoms with Gasteiger partial charge in [-0.05, 0) is 60.7 Å². The number of nitrogens with zero attached hydrogens (tertiary/aromatic N) is 2. The molecule has 0 bridgehead atoms. The van der Waals surface area contributed by atoms with Crippen molar-refractivity contribution in [3.63, 3.8) is 0 Å². The molecule has 36 heavy (non-hydrogen) atoms. The van der Waals surface area contributed by atoms with E-state index in [4.69, 9.17) is 4.74 Å². The van der Waals surface area contributed by atoms with Crippen molar-refractivity contribution in [1.29, 1.82) is 0 Å². The third kappa shape index (κ3) is 5.73. The van der Waals surface area contributed by atoms with Gasteiger partial charge in [0.15, 0.2) is 0 Å². The van der Waals surface area contributed by atoms with Gasteiger partial charge in [-0.15, -0.1) is 0 Å². The highest BCUT2D eigenvalue weighted by Crippen LogP contribution is 2.24. The van der Waals surface area contributed by atoms with Crippen LogP contribution in [0.4, 0.5) is 15.8 Å². The minimum atomic E-state index is -4.19. The lowest BCUT2D eigenvalue weighted by Crippen LogP contribution is -2.40. The minimum Gasteiger partial charge on any atom is -0.379 e. The maximum Gasteiger partial charge on any atom is 0.264 e. The van der Waals surface area contributed by atoms with Gasteiger partial charge in [0, 0.05) is 18.8 Å². The van der Waals surface area contributed by atoms with E-state index in [2.05, 4.69) is 5.32 Å². The lowest BCUT2D eigenvalue weighted by Gasteiger charge is -2.26. The molecule has 190 valence electrons. The summed E-state index contributed by atoms with van der Waals surface area (Å²) in [4.78, 5) is 12.7. The van der Waals surface area contributed by atoms with E-state index < -0.39 is 38.3 Å². The number of hydrogen-bond donors (Lipinski definition) is 1. The number of benzene rings is 3. The van der Waals surface area contributed by atoms with Crippen LogP contribution in [0.5, 0.6) is 0 Å². The Labute approximate surface area is 209 Å². The molecule has 1 amide bonds. The van der Waals surface area contributed by atoms with E-state index in [1.807, 2.05) is 0 Å². The number of para-hydroxylation sites is 1. The van der Waals surface area contributed by atoms with Crippen LogP contribution in [0.15, 0.2) is 88.7 Å². The lowest BCUT2D eigenvalue weighted by molar-refractivity contribution is -0.114. The SMILES string of the molecule is O=C(CN(c1ccccc1)S(=O)(=O)c1ccc(F)cc1)Nc1ccc(S(=O)(=O)N2CCOCC2)cc1. The van der Waals surface area contributed by atoms with E-state index in [1.54, 1.807) is 30.3 Å². The summed E-state index contributed by atoms with van der Waals surface area (Å²) in [5.74, 6) is -1.23. The summed E-state index contributed by atoms with van der Waals surface area (Å²) in [6, 6.07) is 18.0. The van der Waals surface area contributed by atoms with Crippen molar-refractivity contribution in [2.24, 2.45) is 0 Å². The molecule has 3 aromatic rings. The van der Waals surface area contributed by atoms with Crippen molar-refractivity contribution < 1.29 is 30.8 Å². The maximum atomic E-state index is 13.3. The summed E-state index contributed by atoms with van der Waals surface area (Å²) in [5.41, 5.74) is 0.553. The molecule has 1 aliphatic rings. The monoisotopic (exact) mass is 533 g/mol. The fourth-order valence-corrected chi connectivity index (χ4v) is 6.45. The van der Waals surface area contributed by atoms with Gasteiger partial charge < -0.3 is 10.1 Å². The molecule has 0 unspecified atom stereocenters. The molecule has 9 nitrogen and oxygen atoms in total. The van der Waals surface area contributed by atoms with Crippen LogP contribution in [-0.2, 0) is 29.6 Å². The van der Waals surface area contributed by atoms with E-state index in [1.165, 1.54) is 28.6 Å². The third-order valence-corrected chi connectivity index (χ3v) is 9.18. The number of carbonyl (C=O) groups is 1. The summed E-state index contributed by atoms with van der Waals surface area (Å²) < 4.78 is 72.9. The number of halogens is 1. The van der Waals surface area contributed by atoms with Gasteiger partial charge in [-0.1, -0.05) is 18.2 Å². The number of sulfonamides is 2. The van der Waals surface area contributed by atoms with Crippen molar-refractivity contribution >= 4 is 37.3 Å². The van der Waals surface area contributed by atoms with Gasteiger partial charge in [-0.3, -0.25) is 9.10 Å². The fourth-order valence-electron chi connectivity index (χ4n) is 3.62. The topological polar surface area (TPSA) is 113 Å². The zero-order chi connectivity index (χ0) is 25.8. The normalized spacial score (nSPS) is 14.8. The van der Waals surface area contributed by atoms with Gasteiger partial charge in [0.25, 0.3) is 10.0 Å². The number of carbonyl (C=O) groups excluding carboxylic acids is 1. The number of anilines is 2. The predicted octanol–water partition coefficient (Wildman–Crippen LogP) is 2.68. The number of rotatable bonds is 8. The first-order valence-electron chi connectivity index (χ1n) is 11.0. The van der Waals surface area contributed by atoms with Crippen LogP contribution in [0.1, 0.15) is 0 Å². The summed E-state index contributed by atoms with van der Waals surface area (Å²) >= 11 is 0. The molecule has 0 aromatic heterocycles. The summed E-state index contributed by atoms with van der Waals surface area (Å²) in [5, 5.41) is 2.60. The van der Waals surface area contributed by atoms with Gasteiger partial charge in [0.2, 0.25) is 15.9 Å². The number of amides is 1. The van der Waals surface area contributed by atoms with Crippen LogP contribution in [0.2, 0.25) is 0 Å². The number of nitrogens with one attached hydrogen (secondary N) is 1. The standard InChI is InChI=1S/C24H24FN3O6S2/c25-19-6-10-23(11-7-19)36(32,33)28(21-4-2-1-3-5-21)18-24(29)26-20-8-12-22(13-9-20)35(30,31)27-14-16-34-17-15-27/h1-13H,14-18H2,(H,26,29). The summed E-state index contributed by atoms with van der Waals surface area (Å²) in [7, 11) is -7.87. The Morgan fingerprint density at radius 2 is 1.44 bits per heavy atom. The Bertz CT molecular complexity index is 1410. The van der Waals surface area contributed by atoms with E-state index in [0.717, 1.165) is 28.6 Å². The van der Waals surface area contributed by atoms with E-state index in [-0.39, 0.29) is 28.6 Å². The molecule has 3 aromatic carbocycles. The number of ether oxygens (including phenoxy) is 1. The minimum absolute atomic E-state index is 0.0761. The van der Waals surface area contributed by atoms with E-state index >= 15 is 0 Å². The molecule has 12 heteroatoms. The van der Waals surface area contributed by atoms with Gasteiger partial charge in [-0.25, -0.2) is 21.2 Å². The van der Waals surface area contributed by atoms with Crippen LogP contribution >= 0.6 is 0 Å². The first-order chi connectivity index (χ1) is 17.2. The van der Waals surface area contributed by atoms with E-state index in [9.17, 15) is 26.0 Å². The third-order valence-electron chi connectivity index (χ3n) is 5.48. The van der Waals surface area contributed by atoms with Crippen LogP contribution in [0.3, 0.4) is 0 Å². The number of morpholine rings is 1. The zero-order valence-corrected chi connectivity index (χ0v) is 20.7. The van der Waals surface area contributed by atoms with Crippen molar-refractivity contribution in [3.8, 4) is 0 Å². The van der Waals surface area contributed by atoms with Crippen LogP contribution < -0.4 is 9.62 Å². The van der Waals surface area contributed by atoms with Gasteiger partial charge in [0.05, 0.1) is 28.7 Å². The quantitative estimate of drug-likeness (QED) is 0.477. The lowest BCUT2D eigenvalue weighted by atomic mass is 10.3. The highest BCUT2D eigenvalue weighted by molar-refractivity contribution is 7.92. The highest BCUT2D eigenvalue weighted by Gasteiger charge is 2.28. The second-order valence-corrected chi connectivity index (χ2v) is 11.7. The molecule has 0 radical (unpaired) electrons. The van der Waals surface area contributed by atoms with Crippen molar-refractivity contribution in [2.45, 2.75) is 9.79 Å². The molecule has 0 atom stereocenters. The number of hydrogen-bond acceptors (Lipinski definition) is 6. The molecule has 1 N–H and O–H groups in total. The molecule has 4 rings (SSSR count). The van der Waals surface area contributed by atoms with Crippen molar-refractivity contribution in [1.82, 2.24) is 4.31 Å². The average molecular weight is 534 g/mol. The summed E-state index contributed by atoms with van der Waals surface area (Å²) in [6.07, 6.45) is 0.